The first-order valence-electron chi connectivity index (χ1n) is 18.7. The summed E-state index contributed by atoms with van der Waals surface area (Å²) in [6.07, 6.45) is 5.41. The third-order valence-corrected chi connectivity index (χ3v) is 20.7. The van der Waals surface area contributed by atoms with Crippen LogP contribution in [0, 0.1) is 17.8 Å². The van der Waals surface area contributed by atoms with Crippen LogP contribution in [0.25, 0.3) is 0 Å². The van der Waals surface area contributed by atoms with Gasteiger partial charge in [-0.25, -0.2) is 0 Å². The first kappa shape index (κ1) is 45.5. The number of ether oxygens (including phenoxy) is 4. The van der Waals surface area contributed by atoms with Crippen molar-refractivity contribution in [2.45, 2.75) is 154 Å². The second-order valence-corrected chi connectivity index (χ2v) is 27.0. The van der Waals surface area contributed by atoms with E-state index in [1.165, 1.54) is 0 Å². The molecule has 0 saturated carbocycles. The zero-order valence-electron chi connectivity index (χ0n) is 34.7. The van der Waals surface area contributed by atoms with E-state index < -0.39 is 52.9 Å². The summed E-state index contributed by atoms with van der Waals surface area (Å²) in [5, 5.41) is 11.9. The molecule has 0 spiro atoms. The molecule has 10 heteroatoms. The van der Waals surface area contributed by atoms with E-state index in [9.17, 15) is 9.90 Å². The van der Waals surface area contributed by atoms with Crippen molar-refractivity contribution in [2.75, 3.05) is 21.3 Å². The Morgan fingerprint density at radius 3 is 1.75 bits per heavy atom. The second-order valence-electron chi connectivity index (χ2n) is 17.5. The fourth-order valence-electron chi connectivity index (χ4n) is 6.01. The molecule has 0 fully saturated rings. The molecular weight excluding hydrogens is 677 g/mol. The van der Waals surface area contributed by atoms with Crippen molar-refractivity contribution in [3.63, 3.8) is 0 Å². The fourth-order valence-corrected chi connectivity index (χ4v) is 8.86. The van der Waals surface area contributed by atoms with E-state index in [-0.39, 0.29) is 40.2 Å². The molecule has 0 saturated heterocycles. The monoisotopic (exact) mass is 748 g/mol. The summed E-state index contributed by atoms with van der Waals surface area (Å²) < 4.78 is 38.9. The van der Waals surface area contributed by atoms with Crippen molar-refractivity contribution in [1.82, 2.24) is 0 Å². The molecule has 1 N–H and O–H groups in total. The standard InChI is InChI=1S/C41H72O8Si2/c1-28-26-27-34(45-11)33(44-10)25-21-20-24-32(31-22-18-17-19-23-31)47-39(43)29(2)35(42)38(46-12)37(49-51(15,16)41(7,8)9)30(3)36(28)48-50(13,14)40(4,5)6/h17-23,26-30,32-38,42H,24-25H2,1-16H3/b21-20+,27-26+/t28-,29-,30+,32-,33-,34+,35+,36-,37-,38-/m0/s1. The highest BCUT2D eigenvalue weighted by Gasteiger charge is 2.49. The molecule has 1 aromatic rings. The van der Waals surface area contributed by atoms with E-state index in [0.717, 1.165) is 5.56 Å². The van der Waals surface area contributed by atoms with Gasteiger partial charge in [-0.15, -0.1) is 0 Å². The van der Waals surface area contributed by atoms with Gasteiger partial charge < -0.3 is 32.9 Å². The number of benzene rings is 1. The number of rotatable bonds is 8. The number of hydrogen-bond acceptors (Lipinski definition) is 8. The number of carbonyl (C=O) groups excluding carboxylic acids is 1. The molecule has 292 valence electrons. The molecule has 0 radical (unpaired) electrons. The number of methoxy groups -OCH3 is 3. The summed E-state index contributed by atoms with van der Waals surface area (Å²) in [5.74, 6) is -1.69. The predicted octanol–water partition coefficient (Wildman–Crippen LogP) is 9.27. The Balaban J connectivity index is 2.83. The minimum Gasteiger partial charge on any atom is -0.457 e. The van der Waals surface area contributed by atoms with E-state index in [4.69, 9.17) is 27.8 Å². The van der Waals surface area contributed by atoms with Crippen molar-refractivity contribution in [1.29, 1.82) is 0 Å². The van der Waals surface area contributed by atoms with Crippen LogP contribution < -0.4 is 0 Å². The van der Waals surface area contributed by atoms with Gasteiger partial charge in [0.1, 0.15) is 18.3 Å². The lowest BCUT2D eigenvalue weighted by atomic mass is 9.83. The molecule has 0 unspecified atom stereocenters. The van der Waals surface area contributed by atoms with Crippen molar-refractivity contribution < 1.29 is 37.7 Å². The fraction of sp³-hybridized carbons (Fsp3) is 0.732. The third kappa shape index (κ3) is 12.2. The number of aliphatic hydroxyl groups excluding tert-OH is 1. The van der Waals surface area contributed by atoms with Gasteiger partial charge in [-0.2, -0.15) is 0 Å². The molecular formula is C41H72O8Si2. The normalized spacial score (nSPS) is 32.8. The van der Waals surface area contributed by atoms with Crippen LogP contribution in [-0.4, -0.2) is 85.7 Å². The zero-order chi connectivity index (χ0) is 38.9. The molecule has 10 atom stereocenters. The summed E-state index contributed by atoms with van der Waals surface area (Å²) >= 11 is 0. The highest BCUT2D eigenvalue weighted by atomic mass is 28.4. The van der Waals surface area contributed by atoms with Gasteiger partial charge in [-0.3, -0.25) is 4.79 Å². The predicted molar refractivity (Wildman–Crippen MR) is 213 cm³/mol. The van der Waals surface area contributed by atoms with Gasteiger partial charge in [0, 0.05) is 33.7 Å². The van der Waals surface area contributed by atoms with Gasteiger partial charge in [0.15, 0.2) is 16.6 Å². The number of carbonyl (C=O) groups is 1. The number of cyclic esters (lactones) is 1. The molecule has 0 amide bonds. The van der Waals surface area contributed by atoms with Gasteiger partial charge in [0.25, 0.3) is 0 Å². The minimum atomic E-state index is -2.44. The minimum absolute atomic E-state index is 0.0474. The average molecular weight is 749 g/mol. The summed E-state index contributed by atoms with van der Waals surface area (Å²) in [4.78, 5) is 13.9. The van der Waals surface area contributed by atoms with E-state index in [1.807, 2.05) is 36.4 Å². The average Bonchev–Trinajstić information content (AvgIpc) is 3.05. The summed E-state index contributed by atoms with van der Waals surface area (Å²) in [6.45, 7) is 28.3. The van der Waals surface area contributed by atoms with Gasteiger partial charge in [0.05, 0.1) is 30.3 Å². The largest absolute Gasteiger partial charge is 0.457 e. The van der Waals surface area contributed by atoms with Gasteiger partial charge in [-0.1, -0.05) is 110 Å². The lowest BCUT2D eigenvalue weighted by Crippen LogP contribution is -2.58. The van der Waals surface area contributed by atoms with Crippen molar-refractivity contribution >= 4 is 22.6 Å². The van der Waals surface area contributed by atoms with Crippen LogP contribution in [0.3, 0.4) is 0 Å². The Hall–Kier alpha value is -1.64. The van der Waals surface area contributed by atoms with Crippen molar-refractivity contribution in [3.8, 4) is 0 Å². The first-order chi connectivity index (χ1) is 23.5. The maximum absolute atomic E-state index is 13.9. The van der Waals surface area contributed by atoms with Crippen LogP contribution >= 0.6 is 0 Å². The second kappa shape index (κ2) is 19.1. The molecule has 1 aliphatic heterocycles. The van der Waals surface area contributed by atoms with Crippen LogP contribution in [0.15, 0.2) is 54.6 Å². The van der Waals surface area contributed by atoms with Crippen molar-refractivity contribution in [3.05, 3.63) is 60.2 Å². The molecule has 0 bridgehead atoms. The van der Waals surface area contributed by atoms with Gasteiger partial charge in [0.2, 0.25) is 0 Å². The quantitative estimate of drug-likeness (QED) is 0.160. The SMILES string of the molecule is CO[C@H]1[C@H](O)[C@H](C)C(=O)O[C@H](c2ccccc2)C/C=C/C[C@H](OC)[C@H](OC)/C=C/[C@H](C)[C@H](O[Si](C)(C)C(C)(C)C)[C@@H](C)[C@@H]1O[Si](C)(C)C(C)(C)C. The van der Waals surface area contributed by atoms with E-state index in [0.29, 0.717) is 12.8 Å². The lowest BCUT2D eigenvalue weighted by molar-refractivity contribution is -0.167. The van der Waals surface area contributed by atoms with E-state index >= 15 is 0 Å². The molecule has 0 aliphatic carbocycles. The first-order valence-corrected chi connectivity index (χ1v) is 24.5. The third-order valence-electron chi connectivity index (χ3n) is 11.7. The van der Waals surface area contributed by atoms with Crippen LogP contribution in [0.5, 0.6) is 0 Å². The molecule has 2 rings (SSSR count). The molecule has 1 heterocycles. The Kier molecular flexibility index (Phi) is 17.1. The zero-order valence-corrected chi connectivity index (χ0v) is 36.7. The van der Waals surface area contributed by atoms with Gasteiger partial charge >= 0.3 is 5.97 Å². The lowest BCUT2D eigenvalue weighted by Gasteiger charge is -2.48. The summed E-state index contributed by atoms with van der Waals surface area (Å²) in [6, 6.07) is 9.71. The molecule has 8 nitrogen and oxygen atoms in total. The molecule has 51 heavy (non-hydrogen) atoms. The molecule has 1 aromatic carbocycles. The highest BCUT2D eigenvalue weighted by Crippen LogP contribution is 2.43. The summed E-state index contributed by atoms with van der Waals surface area (Å²) in [5.41, 5.74) is 0.878. The van der Waals surface area contributed by atoms with Crippen molar-refractivity contribution in [2.24, 2.45) is 17.8 Å². The molecule has 1 aliphatic rings. The number of aliphatic hydroxyl groups is 1. The summed E-state index contributed by atoms with van der Waals surface area (Å²) in [7, 11) is 0.234. The van der Waals surface area contributed by atoms with Gasteiger partial charge in [-0.05, 0) is 61.1 Å². The van der Waals surface area contributed by atoms with E-state index in [1.54, 1.807) is 28.3 Å². The number of esters is 1. The van der Waals surface area contributed by atoms with Crippen LogP contribution in [0.1, 0.15) is 86.8 Å². The smallest absolute Gasteiger partial charge is 0.312 e. The Morgan fingerprint density at radius 1 is 0.725 bits per heavy atom. The highest BCUT2D eigenvalue weighted by molar-refractivity contribution is 6.74. The maximum atomic E-state index is 13.9. The van der Waals surface area contributed by atoms with Crippen LogP contribution in [0.2, 0.25) is 36.3 Å². The Bertz CT molecular complexity index is 1250. The Labute approximate surface area is 312 Å². The molecule has 0 aromatic heterocycles. The number of hydrogen-bond donors (Lipinski definition) is 1. The topological polar surface area (TPSA) is 92.7 Å². The maximum Gasteiger partial charge on any atom is 0.312 e. The van der Waals surface area contributed by atoms with Crippen LogP contribution in [-0.2, 0) is 32.6 Å². The van der Waals surface area contributed by atoms with Crippen LogP contribution in [0.4, 0.5) is 0 Å². The van der Waals surface area contributed by atoms with E-state index in [2.05, 4.69) is 99.8 Å². The Morgan fingerprint density at radius 2 is 1.25 bits per heavy atom.